The highest BCUT2D eigenvalue weighted by molar-refractivity contribution is 7.71. The summed E-state index contributed by atoms with van der Waals surface area (Å²) >= 11 is 4.91. The molecule has 1 fully saturated rings. The number of rotatable bonds is 3. The summed E-state index contributed by atoms with van der Waals surface area (Å²) in [7, 11) is 0. The Morgan fingerprint density at radius 1 is 1.35 bits per heavy atom. The van der Waals surface area contributed by atoms with Gasteiger partial charge in [0.15, 0.2) is 4.77 Å². The van der Waals surface area contributed by atoms with E-state index >= 15 is 0 Å². The average Bonchev–Trinajstić information content (AvgIpc) is 2.67. The number of aromatic nitrogens is 3. The van der Waals surface area contributed by atoms with Crippen molar-refractivity contribution < 1.29 is 9.53 Å². The van der Waals surface area contributed by atoms with Gasteiger partial charge in [-0.3, -0.25) is 14.5 Å². The standard InChI is InChI=1S/C9H14N4O3S/c14-7(12-3-5-16-6-4-12)1-2-13-8(15)10-11-9(13)17/h1-6H2,(H,10,15)(H,11,17). The summed E-state index contributed by atoms with van der Waals surface area (Å²) in [6.07, 6.45) is 0.273. The van der Waals surface area contributed by atoms with Crippen LogP contribution in [0.25, 0.3) is 0 Å². The molecule has 1 amide bonds. The Morgan fingerprint density at radius 3 is 2.65 bits per heavy atom. The number of aromatic amines is 2. The summed E-state index contributed by atoms with van der Waals surface area (Å²) in [6.45, 7) is 2.70. The van der Waals surface area contributed by atoms with Crippen molar-refractivity contribution in [3.63, 3.8) is 0 Å². The van der Waals surface area contributed by atoms with Gasteiger partial charge < -0.3 is 9.64 Å². The van der Waals surface area contributed by atoms with Crippen molar-refractivity contribution in [3.8, 4) is 0 Å². The van der Waals surface area contributed by atoms with Crippen LogP contribution in [-0.2, 0) is 16.1 Å². The van der Waals surface area contributed by atoms with Crippen LogP contribution in [0.4, 0.5) is 0 Å². The van der Waals surface area contributed by atoms with E-state index in [1.807, 2.05) is 0 Å². The number of carbonyl (C=O) groups is 1. The van der Waals surface area contributed by atoms with E-state index in [-0.39, 0.29) is 18.0 Å². The molecule has 0 aliphatic carbocycles. The van der Waals surface area contributed by atoms with Crippen molar-refractivity contribution in [3.05, 3.63) is 15.3 Å². The molecule has 1 saturated heterocycles. The van der Waals surface area contributed by atoms with Gasteiger partial charge in [-0.05, 0) is 12.2 Å². The molecule has 1 aromatic heterocycles. The monoisotopic (exact) mass is 258 g/mol. The first-order chi connectivity index (χ1) is 8.18. The molecule has 8 heteroatoms. The Hall–Kier alpha value is -1.41. The maximum Gasteiger partial charge on any atom is 0.342 e. The molecule has 0 spiro atoms. The first-order valence-electron chi connectivity index (χ1n) is 5.41. The molecular weight excluding hydrogens is 244 g/mol. The lowest BCUT2D eigenvalue weighted by atomic mass is 10.3. The minimum atomic E-state index is -0.315. The quantitative estimate of drug-likeness (QED) is 0.715. The Bertz CT molecular complexity index is 469. The Balaban J connectivity index is 1.92. The number of carbonyl (C=O) groups excluding carboxylic acids is 1. The number of ether oxygens (including phenoxy) is 1. The van der Waals surface area contributed by atoms with Crippen molar-refractivity contribution in [1.82, 2.24) is 19.7 Å². The number of H-pyrrole nitrogens is 2. The van der Waals surface area contributed by atoms with E-state index in [2.05, 4.69) is 10.2 Å². The SMILES string of the molecule is O=C(CCn1c(=O)[nH][nH]c1=S)N1CCOCC1. The van der Waals surface area contributed by atoms with Gasteiger partial charge in [0, 0.05) is 26.1 Å². The third-order valence-electron chi connectivity index (χ3n) is 2.68. The summed E-state index contributed by atoms with van der Waals surface area (Å²) in [6, 6.07) is 0. The van der Waals surface area contributed by atoms with Crippen LogP contribution in [0.1, 0.15) is 6.42 Å². The molecule has 2 N–H and O–H groups in total. The van der Waals surface area contributed by atoms with Gasteiger partial charge in [-0.2, -0.15) is 0 Å². The molecule has 0 aromatic carbocycles. The molecule has 17 heavy (non-hydrogen) atoms. The van der Waals surface area contributed by atoms with Gasteiger partial charge in [-0.1, -0.05) is 0 Å². The maximum absolute atomic E-state index is 11.8. The van der Waals surface area contributed by atoms with E-state index in [0.29, 0.717) is 37.6 Å². The maximum atomic E-state index is 11.8. The number of hydrogen-bond donors (Lipinski definition) is 2. The summed E-state index contributed by atoms with van der Waals surface area (Å²) in [4.78, 5) is 24.9. The minimum Gasteiger partial charge on any atom is -0.378 e. The van der Waals surface area contributed by atoms with E-state index in [4.69, 9.17) is 17.0 Å². The van der Waals surface area contributed by atoms with Crippen LogP contribution in [0.5, 0.6) is 0 Å². The van der Waals surface area contributed by atoms with Crippen LogP contribution >= 0.6 is 12.2 Å². The van der Waals surface area contributed by atoms with E-state index < -0.39 is 0 Å². The number of morpholine rings is 1. The Kier molecular flexibility index (Phi) is 3.75. The highest BCUT2D eigenvalue weighted by Crippen LogP contribution is 2.01. The topological polar surface area (TPSA) is 83.1 Å². The molecule has 1 aliphatic heterocycles. The molecule has 2 heterocycles. The highest BCUT2D eigenvalue weighted by Gasteiger charge is 2.16. The number of hydrogen-bond acceptors (Lipinski definition) is 4. The van der Waals surface area contributed by atoms with Gasteiger partial charge in [-0.25, -0.2) is 9.89 Å². The fourth-order valence-corrected chi connectivity index (χ4v) is 1.94. The second-order valence-corrected chi connectivity index (χ2v) is 4.14. The van der Waals surface area contributed by atoms with Crippen LogP contribution in [0.3, 0.4) is 0 Å². The molecule has 7 nitrogen and oxygen atoms in total. The Labute approximate surface area is 102 Å². The Morgan fingerprint density at radius 2 is 2.06 bits per heavy atom. The fourth-order valence-electron chi connectivity index (χ4n) is 1.72. The minimum absolute atomic E-state index is 0.0239. The first-order valence-corrected chi connectivity index (χ1v) is 5.82. The van der Waals surface area contributed by atoms with Gasteiger partial charge in [0.2, 0.25) is 5.91 Å². The molecule has 0 atom stereocenters. The lowest BCUT2D eigenvalue weighted by Gasteiger charge is -2.26. The molecule has 0 saturated carbocycles. The average molecular weight is 258 g/mol. The summed E-state index contributed by atoms with van der Waals surface area (Å²) in [5.74, 6) is 0.0239. The van der Waals surface area contributed by atoms with Crippen LogP contribution in [0.2, 0.25) is 0 Å². The predicted molar refractivity (Wildman–Crippen MR) is 62.3 cm³/mol. The predicted octanol–water partition coefficient (Wildman–Crippen LogP) is -0.517. The van der Waals surface area contributed by atoms with E-state index in [9.17, 15) is 9.59 Å². The third kappa shape index (κ3) is 2.83. The largest absolute Gasteiger partial charge is 0.378 e. The number of nitrogens with one attached hydrogen (secondary N) is 2. The van der Waals surface area contributed by atoms with Crippen LogP contribution in [-0.4, -0.2) is 51.9 Å². The van der Waals surface area contributed by atoms with E-state index in [0.717, 1.165) is 0 Å². The van der Waals surface area contributed by atoms with Crippen molar-refractivity contribution >= 4 is 18.1 Å². The van der Waals surface area contributed by atoms with Gasteiger partial charge in [0.1, 0.15) is 0 Å². The molecule has 0 unspecified atom stereocenters. The fraction of sp³-hybridized carbons (Fsp3) is 0.667. The van der Waals surface area contributed by atoms with Crippen molar-refractivity contribution in [2.75, 3.05) is 26.3 Å². The zero-order valence-corrected chi connectivity index (χ0v) is 10.1. The molecule has 0 bridgehead atoms. The first kappa shape index (κ1) is 12.1. The van der Waals surface area contributed by atoms with E-state index in [1.54, 1.807) is 4.90 Å². The van der Waals surface area contributed by atoms with Crippen LogP contribution in [0.15, 0.2) is 4.79 Å². The van der Waals surface area contributed by atoms with E-state index in [1.165, 1.54) is 4.57 Å². The summed E-state index contributed by atoms with van der Waals surface area (Å²) < 4.78 is 6.81. The van der Waals surface area contributed by atoms with Gasteiger partial charge in [-0.15, -0.1) is 0 Å². The van der Waals surface area contributed by atoms with Crippen molar-refractivity contribution in [2.24, 2.45) is 0 Å². The zero-order chi connectivity index (χ0) is 12.3. The van der Waals surface area contributed by atoms with Crippen molar-refractivity contribution in [1.29, 1.82) is 0 Å². The van der Waals surface area contributed by atoms with Crippen LogP contribution in [0, 0.1) is 4.77 Å². The summed E-state index contributed by atoms with van der Waals surface area (Å²) in [5.41, 5.74) is -0.315. The number of nitrogens with zero attached hydrogens (tertiary/aromatic N) is 2. The van der Waals surface area contributed by atoms with Gasteiger partial charge in [0.05, 0.1) is 13.2 Å². The molecule has 0 radical (unpaired) electrons. The highest BCUT2D eigenvalue weighted by atomic mass is 32.1. The molecule has 1 aliphatic rings. The smallest absolute Gasteiger partial charge is 0.342 e. The van der Waals surface area contributed by atoms with Crippen LogP contribution < -0.4 is 5.69 Å². The second kappa shape index (κ2) is 5.28. The van der Waals surface area contributed by atoms with Gasteiger partial charge in [0.25, 0.3) is 0 Å². The number of amides is 1. The lowest BCUT2D eigenvalue weighted by molar-refractivity contribution is -0.135. The molecular formula is C9H14N4O3S. The summed E-state index contributed by atoms with van der Waals surface area (Å²) in [5, 5.41) is 4.91. The van der Waals surface area contributed by atoms with Gasteiger partial charge >= 0.3 is 5.69 Å². The zero-order valence-electron chi connectivity index (χ0n) is 9.27. The molecule has 2 rings (SSSR count). The normalized spacial score (nSPS) is 16.1. The molecule has 1 aromatic rings. The molecule has 94 valence electrons. The second-order valence-electron chi connectivity index (χ2n) is 3.76. The van der Waals surface area contributed by atoms with Crippen molar-refractivity contribution in [2.45, 2.75) is 13.0 Å². The third-order valence-corrected chi connectivity index (χ3v) is 3.00. The lowest BCUT2D eigenvalue weighted by Crippen LogP contribution is -2.41.